The highest BCUT2D eigenvalue weighted by Gasteiger charge is 2.15. The van der Waals surface area contributed by atoms with Crippen LogP contribution in [-0.2, 0) is 16.0 Å². The van der Waals surface area contributed by atoms with Crippen LogP contribution in [-0.4, -0.2) is 24.5 Å². The van der Waals surface area contributed by atoms with Crippen LogP contribution in [0.15, 0.2) is 27.4 Å². The molecule has 7 heteroatoms. The Balaban J connectivity index is 2.17. The summed E-state index contributed by atoms with van der Waals surface area (Å²) in [7, 11) is 0. The average Bonchev–Trinajstić information content (AvgIpc) is 2.65. The Bertz CT molecular complexity index is 902. The molecule has 2 rings (SSSR count). The van der Waals surface area contributed by atoms with Gasteiger partial charge in [0.2, 0.25) is 0 Å². The van der Waals surface area contributed by atoms with Crippen molar-refractivity contribution in [3.05, 3.63) is 39.7 Å². The molecule has 0 aliphatic rings. The van der Waals surface area contributed by atoms with Crippen molar-refractivity contribution >= 4 is 22.8 Å². The number of carbonyl (C=O) groups excluding carboxylic acids is 2. The zero-order chi connectivity index (χ0) is 20.7. The zero-order valence-electron chi connectivity index (χ0n) is 16.5. The second-order valence-electron chi connectivity index (χ2n) is 6.78. The third-order valence-electron chi connectivity index (χ3n) is 4.55. The molecule has 0 unspecified atom stereocenters. The molecule has 1 amide bonds. The molecule has 1 N–H and O–H groups in total. The number of benzene rings is 1. The molecular formula is C21H26NO6-. The minimum Gasteiger partial charge on any atom is -0.548 e. The molecule has 28 heavy (non-hydrogen) atoms. The number of aryl methyl sites for hydroxylation is 2. The lowest BCUT2D eigenvalue weighted by atomic mass is 10.0. The number of hydrogen-bond acceptors (Lipinski definition) is 6. The largest absolute Gasteiger partial charge is 0.548 e. The Hall–Kier alpha value is -2.83. The first kappa shape index (κ1) is 21.5. The van der Waals surface area contributed by atoms with E-state index in [2.05, 4.69) is 12.2 Å². The molecule has 0 saturated carbocycles. The monoisotopic (exact) mass is 388 g/mol. The fourth-order valence-electron chi connectivity index (χ4n) is 3.06. The maximum Gasteiger partial charge on any atom is 0.336 e. The van der Waals surface area contributed by atoms with Gasteiger partial charge in [0.1, 0.15) is 11.3 Å². The van der Waals surface area contributed by atoms with Crippen LogP contribution >= 0.6 is 0 Å². The summed E-state index contributed by atoms with van der Waals surface area (Å²) in [5.74, 6) is -1.47. The Kier molecular flexibility index (Phi) is 7.61. The minimum absolute atomic E-state index is 0.286. The van der Waals surface area contributed by atoms with Crippen LogP contribution in [0.4, 0.5) is 0 Å². The molecule has 1 atom stereocenters. The highest BCUT2D eigenvalue weighted by atomic mass is 16.5. The van der Waals surface area contributed by atoms with Crippen molar-refractivity contribution in [2.24, 2.45) is 0 Å². The van der Waals surface area contributed by atoms with Crippen molar-refractivity contribution in [2.75, 3.05) is 6.61 Å². The van der Waals surface area contributed by atoms with E-state index in [1.807, 2.05) is 13.0 Å². The summed E-state index contributed by atoms with van der Waals surface area (Å²) in [4.78, 5) is 34.9. The molecule has 0 fully saturated rings. The molecule has 0 saturated heterocycles. The molecular weight excluding hydrogens is 362 g/mol. The molecule has 7 nitrogen and oxygen atoms in total. The fourth-order valence-corrected chi connectivity index (χ4v) is 3.06. The van der Waals surface area contributed by atoms with Gasteiger partial charge in [0.05, 0.1) is 12.0 Å². The summed E-state index contributed by atoms with van der Waals surface area (Å²) in [6.45, 7) is 5.31. The lowest BCUT2D eigenvalue weighted by Gasteiger charge is -2.19. The van der Waals surface area contributed by atoms with Crippen LogP contribution in [0.25, 0.3) is 11.0 Å². The molecule has 2 aromatic rings. The third-order valence-corrected chi connectivity index (χ3v) is 4.55. The van der Waals surface area contributed by atoms with Gasteiger partial charge < -0.3 is 24.4 Å². The number of aliphatic carboxylic acids is 1. The van der Waals surface area contributed by atoms with Crippen LogP contribution in [0, 0.1) is 6.92 Å². The van der Waals surface area contributed by atoms with Crippen LogP contribution in [0.2, 0.25) is 0 Å². The van der Waals surface area contributed by atoms with E-state index < -0.39 is 23.5 Å². The van der Waals surface area contributed by atoms with E-state index in [-0.39, 0.29) is 13.0 Å². The number of unbranched alkanes of at least 4 members (excludes halogenated alkanes) is 1. The van der Waals surface area contributed by atoms with Crippen LogP contribution in [0.3, 0.4) is 0 Å². The Morgan fingerprint density at radius 3 is 2.64 bits per heavy atom. The predicted molar refractivity (Wildman–Crippen MR) is 103 cm³/mol. The predicted octanol–water partition coefficient (Wildman–Crippen LogP) is 1.86. The third kappa shape index (κ3) is 5.34. The summed E-state index contributed by atoms with van der Waals surface area (Å²) in [5.41, 5.74) is 1.56. The highest BCUT2D eigenvalue weighted by Crippen LogP contribution is 2.29. The first-order chi connectivity index (χ1) is 13.4. The van der Waals surface area contributed by atoms with Gasteiger partial charge in [0.25, 0.3) is 5.91 Å². The first-order valence-electron chi connectivity index (χ1n) is 9.56. The molecule has 0 aliphatic heterocycles. The van der Waals surface area contributed by atoms with Gasteiger partial charge in [0, 0.05) is 17.0 Å². The van der Waals surface area contributed by atoms with Gasteiger partial charge in [0.15, 0.2) is 6.61 Å². The zero-order valence-corrected chi connectivity index (χ0v) is 16.5. The molecule has 1 heterocycles. The first-order valence-corrected chi connectivity index (χ1v) is 9.56. The van der Waals surface area contributed by atoms with E-state index >= 15 is 0 Å². The number of nitrogens with one attached hydrogen (secondary N) is 1. The minimum atomic E-state index is -1.32. The maximum atomic E-state index is 12.0. The number of fused-ring (bicyclic) bond motifs is 1. The number of hydrogen-bond donors (Lipinski definition) is 1. The van der Waals surface area contributed by atoms with Crippen LogP contribution in [0.5, 0.6) is 5.75 Å². The van der Waals surface area contributed by atoms with Gasteiger partial charge in [-0.25, -0.2) is 4.79 Å². The average molecular weight is 388 g/mol. The fraction of sp³-hybridized carbons (Fsp3) is 0.476. The van der Waals surface area contributed by atoms with E-state index in [0.29, 0.717) is 23.3 Å². The SMILES string of the molecule is CCCCc1cc(=O)oc2c(C)c(OCC(=O)N[C@@H](CCC)C(=O)[O-])ccc12. The Morgan fingerprint density at radius 2 is 2.00 bits per heavy atom. The molecule has 0 aliphatic carbocycles. The van der Waals surface area contributed by atoms with Crippen molar-refractivity contribution in [3.8, 4) is 5.75 Å². The summed E-state index contributed by atoms with van der Waals surface area (Å²) < 4.78 is 10.9. The number of ether oxygens (including phenoxy) is 1. The summed E-state index contributed by atoms with van der Waals surface area (Å²) in [6.07, 6.45) is 3.65. The van der Waals surface area contributed by atoms with Crippen molar-refractivity contribution in [1.29, 1.82) is 0 Å². The number of carboxylic acids is 1. The molecule has 0 radical (unpaired) electrons. The number of carbonyl (C=O) groups is 2. The van der Waals surface area contributed by atoms with Gasteiger partial charge in [-0.1, -0.05) is 26.7 Å². The van der Waals surface area contributed by atoms with E-state index in [1.165, 1.54) is 6.07 Å². The van der Waals surface area contributed by atoms with Gasteiger partial charge >= 0.3 is 5.63 Å². The number of carboxylic acid groups (broad SMARTS) is 1. The van der Waals surface area contributed by atoms with Crippen molar-refractivity contribution in [3.63, 3.8) is 0 Å². The van der Waals surface area contributed by atoms with E-state index in [1.54, 1.807) is 13.0 Å². The van der Waals surface area contributed by atoms with Gasteiger partial charge in [-0.15, -0.1) is 0 Å². The Morgan fingerprint density at radius 1 is 1.25 bits per heavy atom. The maximum absolute atomic E-state index is 12.0. The van der Waals surface area contributed by atoms with Crippen LogP contribution in [0.1, 0.15) is 50.7 Å². The molecule has 0 spiro atoms. The van der Waals surface area contributed by atoms with Gasteiger partial charge in [-0.2, -0.15) is 0 Å². The lowest BCUT2D eigenvalue weighted by molar-refractivity contribution is -0.308. The molecule has 152 valence electrons. The normalized spacial score (nSPS) is 12.0. The van der Waals surface area contributed by atoms with Crippen molar-refractivity contribution in [1.82, 2.24) is 5.32 Å². The standard InChI is InChI=1S/C21H27NO6/c1-4-6-8-14-11-19(24)28-20-13(3)17(10-9-15(14)20)27-12-18(23)22-16(7-5-2)21(25)26/h9-11,16H,4-8,12H2,1-3H3,(H,22,23)(H,25,26)/p-1/t16-/m0/s1. The second-order valence-corrected chi connectivity index (χ2v) is 6.78. The van der Waals surface area contributed by atoms with Crippen molar-refractivity contribution in [2.45, 2.75) is 58.9 Å². The number of rotatable bonds is 10. The summed E-state index contributed by atoms with van der Waals surface area (Å²) >= 11 is 0. The van der Waals surface area contributed by atoms with E-state index in [4.69, 9.17) is 9.15 Å². The van der Waals surface area contributed by atoms with E-state index in [9.17, 15) is 19.5 Å². The summed E-state index contributed by atoms with van der Waals surface area (Å²) in [6, 6.07) is 4.00. The van der Waals surface area contributed by atoms with E-state index in [0.717, 1.165) is 30.2 Å². The quantitative estimate of drug-likeness (QED) is 0.622. The second kappa shape index (κ2) is 9.92. The molecule has 1 aromatic carbocycles. The van der Waals surface area contributed by atoms with Crippen molar-refractivity contribution < 1.29 is 23.8 Å². The molecule has 1 aromatic heterocycles. The smallest absolute Gasteiger partial charge is 0.336 e. The van der Waals surface area contributed by atoms with Gasteiger partial charge in [-0.05, 0) is 43.9 Å². The van der Waals surface area contributed by atoms with Gasteiger partial charge in [-0.3, -0.25) is 4.79 Å². The highest BCUT2D eigenvalue weighted by molar-refractivity contribution is 5.86. The topological polar surface area (TPSA) is 109 Å². The summed E-state index contributed by atoms with van der Waals surface area (Å²) in [5, 5.41) is 14.3. The van der Waals surface area contributed by atoms with Crippen LogP contribution < -0.4 is 20.8 Å². The lowest BCUT2D eigenvalue weighted by Crippen LogP contribution is -2.49. The Labute approximate surface area is 163 Å². The molecule has 0 bridgehead atoms. The number of amides is 1.